The third-order valence-electron chi connectivity index (χ3n) is 5.78. The number of carbonyl (C=O) groups excluding carboxylic acids is 2. The number of nitrogens with zero attached hydrogens (tertiary/aromatic N) is 1. The fraction of sp³-hybridized carbons (Fsp3) is 0.333. The fourth-order valence-corrected chi connectivity index (χ4v) is 4.45. The maximum Gasteiger partial charge on any atom is 0.254 e. The summed E-state index contributed by atoms with van der Waals surface area (Å²) in [5, 5.41) is 7.53. The highest BCUT2D eigenvalue weighted by Crippen LogP contribution is 2.40. The summed E-state index contributed by atoms with van der Waals surface area (Å²) in [6, 6.07) is 7.72. The third kappa shape index (κ3) is 4.42. The van der Waals surface area contributed by atoms with Crippen LogP contribution < -0.4 is 10.6 Å². The van der Waals surface area contributed by atoms with Crippen molar-refractivity contribution in [3.05, 3.63) is 75.5 Å². The van der Waals surface area contributed by atoms with Crippen molar-refractivity contribution in [2.75, 3.05) is 5.33 Å². The van der Waals surface area contributed by atoms with Gasteiger partial charge in [-0.05, 0) is 53.6 Å². The van der Waals surface area contributed by atoms with E-state index in [2.05, 4.69) is 26.6 Å². The number of allylic oxidation sites excluding steroid dienone is 1. The molecule has 2 aliphatic rings. The zero-order chi connectivity index (χ0) is 22.1. The lowest BCUT2D eigenvalue weighted by Gasteiger charge is -2.26. The molecule has 161 valence electrons. The SMILES string of the molecule is CC(C=O)c1ccc(F)c2c1C(C(=O)NCc1cc(F)cc(C3CC3)c1)=C(CBr)[N]C2. The second-order valence-electron chi connectivity index (χ2n) is 8.04. The molecule has 1 heterocycles. The summed E-state index contributed by atoms with van der Waals surface area (Å²) in [5.74, 6) is -1.32. The van der Waals surface area contributed by atoms with Crippen LogP contribution in [0.2, 0.25) is 0 Å². The Morgan fingerprint density at radius 1 is 1.29 bits per heavy atom. The topological polar surface area (TPSA) is 60.3 Å². The van der Waals surface area contributed by atoms with Gasteiger partial charge in [-0.2, -0.15) is 0 Å². The number of halogens is 3. The molecule has 1 aliphatic carbocycles. The van der Waals surface area contributed by atoms with E-state index < -0.39 is 17.6 Å². The molecule has 1 N–H and O–H groups in total. The molecular weight excluding hydrogens is 466 g/mol. The van der Waals surface area contributed by atoms with Crippen molar-refractivity contribution >= 4 is 33.7 Å². The first kappa shape index (κ1) is 21.7. The molecule has 31 heavy (non-hydrogen) atoms. The van der Waals surface area contributed by atoms with Crippen LogP contribution in [-0.4, -0.2) is 17.5 Å². The summed E-state index contributed by atoms with van der Waals surface area (Å²) >= 11 is 3.36. The van der Waals surface area contributed by atoms with Gasteiger partial charge >= 0.3 is 0 Å². The second kappa shape index (κ2) is 8.91. The van der Waals surface area contributed by atoms with Crippen molar-refractivity contribution in [1.82, 2.24) is 10.6 Å². The number of fused-ring (bicyclic) bond motifs is 1. The van der Waals surface area contributed by atoms with Gasteiger partial charge in [-0.3, -0.25) is 10.1 Å². The van der Waals surface area contributed by atoms with E-state index in [9.17, 15) is 18.4 Å². The predicted octanol–water partition coefficient (Wildman–Crippen LogP) is 4.69. The largest absolute Gasteiger partial charge is 0.348 e. The van der Waals surface area contributed by atoms with Crippen molar-refractivity contribution in [3.8, 4) is 0 Å². The molecule has 1 unspecified atom stereocenters. The van der Waals surface area contributed by atoms with Gasteiger partial charge in [-0.25, -0.2) is 8.78 Å². The van der Waals surface area contributed by atoms with Gasteiger partial charge in [0.25, 0.3) is 5.91 Å². The molecule has 7 heteroatoms. The minimum absolute atomic E-state index is 0.104. The number of alkyl halides is 1. The minimum Gasteiger partial charge on any atom is -0.348 e. The van der Waals surface area contributed by atoms with Crippen LogP contribution in [0.1, 0.15) is 59.4 Å². The minimum atomic E-state index is -0.504. The van der Waals surface area contributed by atoms with Crippen LogP contribution in [0.3, 0.4) is 0 Å². The first-order chi connectivity index (χ1) is 14.9. The summed E-state index contributed by atoms with van der Waals surface area (Å²) < 4.78 is 28.6. The van der Waals surface area contributed by atoms with Crippen molar-refractivity contribution < 1.29 is 18.4 Å². The van der Waals surface area contributed by atoms with Gasteiger partial charge in [0.1, 0.15) is 17.9 Å². The van der Waals surface area contributed by atoms with Gasteiger partial charge in [-0.15, -0.1) is 0 Å². The first-order valence-corrected chi connectivity index (χ1v) is 11.4. The molecule has 4 nitrogen and oxygen atoms in total. The van der Waals surface area contributed by atoms with Crippen LogP contribution >= 0.6 is 15.9 Å². The van der Waals surface area contributed by atoms with Gasteiger partial charge in [0.15, 0.2) is 0 Å². The molecule has 0 aromatic heterocycles. The molecular formula is C24H22BrF2N2O2. The van der Waals surface area contributed by atoms with Crippen molar-refractivity contribution in [2.45, 2.75) is 44.7 Å². The molecule has 1 aliphatic heterocycles. The third-order valence-corrected chi connectivity index (χ3v) is 6.32. The number of amides is 1. The van der Waals surface area contributed by atoms with E-state index in [-0.39, 0.29) is 24.5 Å². The van der Waals surface area contributed by atoms with Crippen molar-refractivity contribution in [1.29, 1.82) is 0 Å². The highest BCUT2D eigenvalue weighted by Gasteiger charge is 2.31. The normalized spacial score (nSPS) is 16.4. The van der Waals surface area contributed by atoms with Crippen LogP contribution in [0, 0.1) is 11.6 Å². The molecule has 2 aromatic rings. The maximum absolute atomic E-state index is 14.6. The summed E-state index contributed by atoms with van der Waals surface area (Å²) in [6.45, 7) is 1.95. The van der Waals surface area contributed by atoms with Crippen LogP contribution in [0.4, 0.5) is 8.78 Å². The predicted molar refractivity (Wildman–Crippen MR) is 118 cm³/mol. The average Bonchev–Trinajstić information content (AvgIpc) is 3.61. The van der Waals surface area contributed by atoms with E-state index in [1.165, 1.54) is 12.1 Å². The Bertz CT molecular complexity index is 1080. The smallest absolute Gasteiger partial charge is 0.254 e. The van der Waals surface area contributed by atoms with E-state index in [1.54, 1.807) is 19.1 Å². The quantitative estimate of drug-likeness (QED) is 0.455. The van der Waals surface area contributed by atoms with E-state index in [4.69, 9.17) is 0 Å². The van der Waals surface area contributed by atoms with Gasteiger partial charge in [0, 0.05) is 28.9 Å². The standard InChI is InChI=1S/C24H22BrF2N2O2/c1-13(12-30)18-4-5-20(27)19-11-28-21(9-25)23(22(18)19)24(31)29-10-14-6-16(15-2-3-15)8-17(26)7-14/h4-8,12-13,15H,2-3,9-11H2,1H3,(H,29,31). The number of nitrogens with one attached hydrogen (secondary N) is 1. The Kier molecular flexibility index (Phi) is 6.23. The molecule has 4 rings (SSSR count). The first-order valence-electron chi connectivity index (χ1n) is 10.2. The fourth-order valence-electron chi connectivity index (χ4n) is 4.00. The number of hydrogen-bond donors (Lipinski definition) is 1. The Morgan fingerprint density at radius 2 is 2.06 bits per heavy atom. The van der Waals surface area contributed by atoms with Gasteiger partial charge < -0.3 is 10.1 Å². The zero-order valence-electron chi connectivity index (χ0n) is 17.1. The zero-order valence-corrected chi connectivity index (χ0v) is 18.6. The van der Waals surface area contributed by atoms with E-state index in [1.807, 2.05) is 6.07 Å². The monoisotopic (exact) mass is 487 g/mol. The highest BCUT2D eigenvalue weighted by molar-refractivity contribution is 9.09. The van der Waals surface area contributed by atoms with Crippen LogP contribution in [0.5, 0.6) is 0 Å². The lowest BCUT2D eigenvalue weighted by molar-refractivity contribution is -0.116. The molecule has 1 atom stereocenters. The lowest BCUT2D eigenvalue weighted by atomic mass is 9.85. The van der Waals surface area contributed by atoms with E-state index in [0.29, 0.717) is 39.2 Å². The maximum atomic E-state index is 14.6. The number of benzene rings is 2. The second-order valence-corrected chi connectivity index (χ2v) is 8.60. The van der Waals surface area contributed by atoms with Crippen LogP contribution in [-0.2, 0) is 22.7 Å². The number of aldehydes is 1. The molecule has 0 spiro atoms. The lowest BCUT2D eigenvalue weighted by Crippen LogP contribution is -2.30. The number of carbonyl (C=O) groups is 2. The average molecular weight is 488 g/mol. The summed E-state index contributed by atoms with van der Waals surface area (Å²) in [5.41, 5.74) is 3.69. The molecule has 0 saturated heterocycles. The van der Waals surface area contributed by atoms with Crippen LogP contribution in [0.15, 0.2) is 36.0 Å². The number of rotatable bonds is 7. The summed E-state index contributed by atoms with van der Waals surface area (Å²) in [6.07, 6.45) is 2.88. The van der Waals surface area contributed by atoms with Gasteiger partial charge in [0.05, 0.1) is 17.8 Å². The Labute approximate surface area is 188 Å². The molecule has 1 saturated carbocycles. The summed E-state index contributed by atoms with van der Waals surface area (Å²) in [4.78, 5) is 24.7. The number of hydrogen-bond acceptors (Lipinski definition) is 2. The van der Waals surface area contributed by atoms with E-state index in [0.717, 1.165) is 24.7 Å². The molecule has 1 fully saturated rings. The Morgan fingerprint density at radius 3 is 2.74 bits per heavy atom. The Balaban J connectivity index is 1.67. The van der Waals surface area contributed by atoms with Crippen molar-refractivity contribution in [3.63, 3.8) is 0 Å². The Hall–Kier alpha value is -2.54. The van der Waals surface area contributed by atoms with Gasteiger partial charge in [0.2, 0.25) is 0 Å². The van der Waals surface area contributed by atoms with E-state index >= 15 is 0 Å². The molecule has 1 radical (unpaired) electrons. The van der Waals surface area contributed by atoms with Gasteiger partial charge in [-0.1, -0.05) is 35.0 Å². The van der Waals surface area contributed by atoms with Crippen LogP contribution in [0.25, 0.3) is 5.57 Å². The molecule has 2 aromatic carbocycles. The summed E-state index contributed by atoms with van der Waals surface area (Å²) in [7, 11) is 0. The van der Waals surface area contributed by atoms with Crippen molar-refractivity contribution in [2.24, 2.45) is 0 Å². The molecule has 0 bridgehead atoms. The molecule has 1 amide bonds. The highest BCUT2D eigenvalue weighted by atomic mass is 79.9.